The lowest BCUT2D eigenvalue weighted by Gasteiger charge is -2.14. The van der Waals surface area contributed by atoms with Crippen molar-refractivity contribution < 1.29 is 20.1 Å². The molecule has 0 aliphatic carbocycles. The summed E-state index contributed by atoms with van der Waals surface area (Å²) in [5.41, 5.74) is 2.31. The van der Waals surface area contributed by atoms with Crippen LogP contribution >= 0.6 is 0 Å². The molecule has 0 bridgehead atoms. The monoisotopic (exact) mass is 334 g/mol. The van der Waals surface area contributed by atoms with E-state index in [4.69, 9.17) is 5.11 Å². The minimum Gasteiger partial charge on any atom is -0.481 e. The van der Waals surface area contributed by atoms with Gasteiger partial charge in [-0.15, -0.1) is 0 Å². The van der Waals surface area contributed by atoms with Crippen molar-refractivity contribution in [2.75, 3.05) is 0 Å². The smallest absolute Gasteiger partial charge is 0.303 e. The molecular formula is C20H30O4. The Morgan fingerprint density at radius 3 is 2.58 bits per heavy atom. The standard InChI is InChI=1S/C20H30O4/c1-2-3-4-5-9-16-10-6-7-11-17(16)14-15-19(22)18(21)12-8-13-20(23)24/h6-7,10-11,14-15,18-19,21-22H,2-5,8-9,12-13H2,1H3,(H,23,24)/b15-14+/t18-,19+/m0/s1. The van der Waals surface area contributed by atoms with E-state index >= 15 is 0 Å². The highest BCUT2D eigenvalue weighted by Crippen LogP contribution is 2.16. The van der Waals surface area contributed by atoms with E-state index in [0.717, 1.165) is 18.4 Å². The second kappa shape index (κ2) is 11.8. The average Bonchev–Trinajstić information content (AvgIpc) is 2.57. The fourth-order valence-electron chi connectivity index (χ4n) is 2.63. The van der Waals surface area contributed by atoms with Crippen molar-refractivity contribution in [3.8, 4) is 0 Å². The number of aliphatic hydroxyl groups is 2. The van der Waals surface area contributed by atoms with Gasteiger partial charge in [0.25, 0.3) is 0 Å². The van der Waals surface area contributed by atoms with Gasteiger partial charge in [-0.2, -0.15) is 0 Å². The molecule has 24 heavy (non-hydrogen) atoms. The van der Waals surface area contributed by atoms with Crippen LogP contribution in [0.25, 0.3) is 6.08 Å². The zero-order chi connectivity index (χ0) is 17.8. The molecule has 0 radical (unpaired) electrons. The lowest BCUT2D eigenvalue weighted by Crippen LogP contribution is -2.23. The van der Waals surface area contributed by atoms with Gasteiger partial charge in [-0.25, -0.2) is 0 Å². The van der Waals surface area contributed by atoms with E-state index in [0.29, 0.717) is 6.42 Å². The van der Waals surface area contributed by atoms with Crippen LogP contribution in [0, 0.1) is 0 Å². The molecule has 3 N–H and O–H groups in total. The van der Waals surface area contributed by atoms with Gasteiger partial charge < -0.3 is 15.3 Å². The summed E-state index contributed by atoms with van der Waals surface area (Å²) in [6, 6.07) is 8.09. The van der Waals surface area contributed by atoms with Gasteiger partial charge in [-0.1, -0.05) is 62.6 Å². The molecule has 0 amide bonds. The molecule has 0 aliphatic heterocycles. The number of unbranched alkanes of at least 4 members (excludes halogenated alkanes) is 3. The number of rotatable bonds is 12. The third kappa shape index (κ3) is 8.27. The van der Waals surface area contributed by atoms with Gasteiger partial charge in [0.1, 0.15) is 0 Å². The van der Waals surface area contributed by atoms with E-state index in [9.17, 15) is 15.0 Å². The summed E-state index contributed by atoms with van der Waals surface area (Å²) in [5.74, 6) is -0.885. The van der Waals surface area contributed by atoms with Crippen LogP contribution in [0.1, 0.15) is 63.0 Å². The Morgan fingerprint density at radius 2 is 1.88 bits per heavy atom. The first kappa shape index (κ1) is 20.4. The van der Waals surface area contributed by atoms with Gasteiger partial charge in [0.15, 0.2) is 0 Å². The summed E-state index contributed by atoms with van der Waals surface area (Å²) < 4.78 is 0. The zero-order valence-electron chi connectivity index (χ0n) is 14.5. The summed E-state index contributed by atoms with van der Waals surface area (Å²) in [6.45, 7) is 2.19. The Bertz CT molecular complexity index is 510. The third-order valence-electron chi connectivity index (χ3n) is 4.11. The Kier molecular flexibility index (Phi) is 10.0. The zero-order valence-corrected chi connectivity index (χ0v) is 14.5. The van der Waals surface area contributed by atoms with E-state index in [1.54, 1.807) is 6.08 Å². The lowest BCUT2D eigenvalue weighted by molar-refractivity contribution is -0.137. The fourth-order valence-corrected chi connectivity index (χ4v) is 2.63. The first-order chi connectivity index (χ1) is 11.5. The van der Waals surface area contributed by atoms with Gasteiger partial charge in [-0.3, -0.25) is 4.79 Å². The Hall–Kier alpha value is -1.65. The molecule has 0 heterocycles. The number of benzene rings is 1. The van der Waals surface area contributed by atoms with Crippen LogP contribution in [0.5, 0.6) is 0 Å². The highest BCUT2D eigenvalue weighted by molar-refractivity contribution is 5.66. The molecule has 0 aliphatic rings. The second-order valence-electron chi connectivity index (χ2n) is 6.21. The Labute approximate surface area is 144 Å². The number of aryl methyl sites for hydroxylation is 1. The number of carbonyl (C=O) groups is 1. The van der Waals surface area contributed by atoms with Crippen LogP contribution in [0.4, 0.5) is 0 Å². The van der Waals surface area contributed by atoms with Crippen LogP contribution in [-0.2, 0) is 11.2 Å². The van der Waals surface area contributed by atoms with Crippen molar-refractivity contribution in [1.82, 2.24) is 0 Å². The maximum absolute atomic E-state index is 10.5. The molecule has 0 saturated heterocycles. The molecule has 0 fully saturated rings. The number of carboxylic acid groups (broad SMARTS) is 1. The van der Waals surface area contributed by atoms with Crippen molar-refractivity contribution in [3.05, 3.63) is 41.5 Å². The molecule has 1 aromatic carbocycles. The molecule has 4 heteroatoms. The maximum Gasteiger partial charge on any atom is 0.303 e. The summed E-state index contributed by atoms with van der Waals surface area (Å²) in [7, 11) is 0. The van der Waals surface area contributed by atoms with E-state index in [2.05, 4.69) is 13.0 Å². The molecule has 2 atom stereocenters. The average molecular weight is 334 g/mol. The highest BCUT2D eigenvalue weighted by Gasteiger charge is 2.13. The minimum atomic E-state index is -0.980. The highest BCUT2D eigenvalue weighted by atomic mass is 16.4. The summed E-state index contributed by atoms with van der Waals surface area (Å²) >= 11 is 0. The van der Waals surface area contributed by atoms with Crippen LogP contribution in [0.3, 0.4) is 0 Å². The molecule has 1 rings (SSSR count). The van der Waals surface area contributed by atoms with Crippen molar-refractivity contribution in [2.45, 2.75) is 70.5 Å². The molecule has 134 valence electrons. The van der Waals surface area contributed by atoms with Crippen LogP contribution in [-0.4, -0.2) is 33.5 Å². The number of aliphatic hydroxyl groups excluding tert-OH is 2. The maximum atomic E-state index is 10.5. The molecule has 0 unspecified atom stereocenters. The van der Waals surface area contributed by atoms with Gasteiger partial charge in [0.05, 0.1) is 12.2 Å². The molecule has 0 spiro atoms. The SMILES string of the molecule is CCCCCCc1ccccc1/C=C/[C@@H](O)[C@@H](O)CCCC(=O)O. The topological polar surface area (TPSA) is 77.8 Å². The normalized spacial score (nSPS) is 14.0. The van der Waals surface area contributed by atoms with E-state index in [-0.39, 0.29) is 12.8 Å². The quantitative estimate of drug-likeness (QED) is 0.508. The number of aliphatic carboxylic acids is 1. The first-order valence-corrected chi connectivity index (χ1v) is 8.88. The van der Waals surface area contributed by atoms with Crippen LogP contribution in [0.2, 0.25) is 0 Å². The number of hydrogen-bond donors (Lipinski definition) is 3. The van der Waals surface area contributed by atoms with E-state index in [1.165, 1.54) is 24.8 Å². The first-order valence-electron chi connectivity index (χ1n) is 8.88. The van der Waals surface area contributed by atoms with Crippen LogP contribution in [0.15, 0.2) is 30.3 Å². The number of hydrogen-bond acceptors (Lipinski definition) is 3. The van der Waals surface area contributed by atoms with Crippen molar-refractivity contribution >= 4 is 12.0 Å². The minimum absolute atomic E-state index is 0.00802. The predicted octanol–water partition coefficient (Wildman–Crippen LogP) is 3.80. The molecule has 0 saturated carbocycles. The lowest BCUT2D eigenvalue weighted by atomic mass is 9.99. The fraction of sp³-hybridized carbons (Fsp3) is 0.550. The van der Waals surface area contributed by atoms with Crippen molar-refractivity contribution in [3.63, 3.8) is 0 Å². The summed E-state index contributed by atoms with van der Waals surface area (Å²) in [5, 5.41) is 28.5. The third-order valence-corrected chi connectivity index (χ3v) is 4.11. The summed E-state index contributed by atoms with van der Waals surface area (Å²) in [6.07, 6.45) is 8.02. The van der Waals surface area contributed by atoms with Crippen molar-refractivity contribution in [1.29, 1.82) is 0 Å². The summed E-state index contributed by atoms with van der Waals surface area (Å²) in [4.78, 5) is 10.5. The Balaban J connectivity index is 2.54. The number of carboxylic acids is 1. The molecule has 4 nitrogen and oxygen atoms in total. The van der Waals surface area contributed by atoms with Gasteiger partial charge >= 0.3 is 5.97 Å². The van der Waals surface area contributed by atoms with Crippen LogP contribution < -0.4 is 0 Å². The Morgan fingerprint density at radius 1 is 1.12 bits per heavy atom. The molecular weight excluding hydrogens is 304 g/mol. The van der Waals surface area contributed by atoms with Gasteiger partial charge in [-0.05, 0) is 36.8 Å². The molecule has 1 aromatic rings. The second-order valence-corrected chi connectivity index (χ2v) is 6.21. The van der Waals surface area contributed by atoms with Crippen molar-refractivity contribution in [2.24, 2.45) is 0 Å². The molecule has 0 aromatic heterocycles. The van der Waals surface area contributed by atoms with E-state index < -0.39 is 18.2 Å². The largest absolute Gasteiger partial charge is 0.481 e. The van der Waals surface area contributed by atoms with Gasteiger partial charge in [0, 0.05) is 6.42 Å². The predicted molar refractivity (Wildman–Crippen MR) is 96.8 cm³/mol. The van der Waals surface area contributed by atoms with E-state index in [1.807, 2.05) is 24.3 Å². The van der Waals surface area contributed by atoms with Gasteiger partial charge in [0.2, 0.25) is 0 Å².